The minimum Gasteiger partial charge on any atom is -0.364 e. The number of allylic oxidation sites excluding steroid dienone is 1. The normalized spacial score (nSPS) is 13.0. The third kappa shape index (κ3) is 8.79. The average molecular weight is 360 g/mol. The van der Waals surface area contributed by atoms with Gasteiger partial charge in [-0.1, -0.05) is 51.2 Å². The third-order valence-corrected chi connectivity index (χ3v) is 4.55. The van der Waals surface area contributed by atoms with E-state index in [2.05, 4.69) is 23.8 Å². The zero-order valence-electron chi connectivity index (χ0n) is 16.2. The first kappa shape index (κ1) is 21.9. The molecule has 5 heteroatoms. The molecule has 1 unspecified atom stereocenters. The quantitative estimate of drug-likeness (QED) is 0.408. The molecular weight excluding hydrogens is 326 g/mol. The largest absolute Gasteiger partial charge is 0.364 e. The number of nitrogens with zero attached hydrogens (tertiary/aromatic N) is 1. The second-order valence-electron chi connectivity index (χ2n) is 7.11. The number of primary amides is 1. The van der Waals surface area contributed by atoms with Crippen molar-refractivity contribution in [1.82, 2.24) is 10.3 Å². The molecule has 0 aliphatic heterocycles. The summed E-state index contributed by atoms with van der Waals surface area (Å²) in [6.07, 6.45) is 11.4. The van der Waals surface area contributed by atoms with Gasteiger partial charge in [-0.05, 0) is 44.2 Å². The summed E-state index contributed by atoms with van der Waals surface area (Å²) in [6, 6.07) is 4.77. The SMILES string of the molecule is C=CCCCCC[C@@H](C)CCCC(C)NC(=O)c1cccc(C(N)=O)n1. The Morgan fingerprint density at radius 1 is 1.12 bits per heavy atom. The Kier molecular flexibility index (Phi) is 10.3. The fraction of sp³-hybridized carbons (Fsp3) is 0.571. The van der Waals surface area contributed by atoms with Crippen LogP contribution in [-0.4, -0.2) is 22.8 Å². The van der Waals surface area contributed by atoms with E-state index in [1.807, 2.05) is 13.0 Å². The fourth-order valence-corrected chi connectivity index (χ4v) is 2.94. The van der Waals surface area contributed by atoms with Crippen LogP contribution >= 0.6 is 0 Å². The maximum Gasteiger partial charge on any atom is 0.270 e. The second kappa shape index (κ2) is 12.2. The summed E-state index contributed by atoms with van der Waals surface area (Å²) < 4.78 is 0. The molecule has 5 nitrogen and oxygen atoms in total. The predicted octanol–water partition coefficient (Wildman–Crippen LogP) is 4.24. The van der Waals surface area contributed by atoms with Gasteiger partial charge in [0.15, 0.2) is 0 Å². The molecule has 0 radical (unpaired) electrons. The predicted molar refractivity (Wildman–Crippen MR) is 106 cm³/mol. The first-order chi connectivity index (χ1) is 12.4. The average Bonchev–Trinajstić information content (AvgIpc) is 2.61. The Morgan fingerprint density at radius 2 is 1.81 bits per heavy atom. The summed E-state index contributed by atoms with van der Waals surface area (Å²) in [5.74, 6) is -0.183. The standard InChI is InChI=1S/C21H33N3O2/c1-4-5-6-7-8-11-16(2)12-9-13-17(3)23-21(26)19-15-10-14-18(24-19)20(22)25/h4,10,14-17H,1,5-9,11-13H2,2-3H3,(H2,22,25)(H,23,26)/t16-,17?/m1/s1. The maximum absolute atomic E-state index is 12.2. The molecule has 0 saturated heterocycles. The third-order valence-electron chi connectivity index (χ3n) is 4.55. The van der Waals surface area contributed by atoms with Crippen LogP contribution in [0.4, 0.5) is 0 Å². The molecule has 0 saturated carbocycles. The van der Waals surface area contributed by atoms with Gasteiger partial charge in [-0.2, -0.15) is 0 Å². The zero-order chi connectivity index (χ0) is 19.4. The van der Waals surface area contributed by atoms with Gasteiger partial charge in [0.25, 0.3) is 11.8 Å². The highest BCUT2D eigenvalue weighted by Gasteiger charge is 2.13. The lowest BCUT2D eigenvalue weighted by Crippen LogP contribution is -2.33. The van der Waals surface area contributed by atoms with Gasteiger partial charge in [-0.15, -0.1) is 6.58 Å². The molecule has 144 valence electrons. The van der Waals surface area contributed by atoms with E-state index in [-0.39, 0.29) is 23.3 Å². The zero-order valence-corrected chi connectivity index (χ0v) is 16.2. The second-order valence-corrected chi connectivity index (χ2v) is 7.11. The van der Waals surface area contributed by atoms with E-state index in [1.54, 1.807) is 12.1 Å². The number of aromatic nitrogens is 1. The Bertz CT molecular complexity index is 586. The molecule has 0 bridgehead atoms. The number of rotatable bonds is 13. The van der Waals surface area contributed by atoms with Crippen molar-refractivity contribution in [3.05, 3.63) is 42.2 Å². The number of nitrogens with two attached hydrogens (primary N) is 1. The molecule has 2 amide bonds. The molecule has 0 spiro atoms. The number of pyridine rings is 1. The molecular formula is C21H33N3O2. The van der Waals surface area contributed by atoms with Crippen LogP contribution in [0.3, 0.4) is 0 Å². The minimum absolute atomic E-state index is 0.0707. The lowest BCUT2D eigenvalue weighted by atomic mass is 9.96. The van der Waals surface area contributed by atoms with Gasteiger partial charge in [-0.25, -0.2) is 4.98 Å². The van der Waals surface area contributed by atoms with Gasteiger partial charge in [0.05, 0.1) is 0 Å². The minimum atomic E-state index is -0.633. The molecule has 1 aromatic rings. The van der Waals surface area contributed by atoms with Crippen LogP contribution in [0.1, 0.15) is 86.2 Å². The number of hydrogen-bond acceptors (Lipinski definition) is 3. The molecule has 2 atom stereocenters. The number of carbonyl (C=O) groups excluding carboxylic acids is 2. The number of carbonyl (C=O) groups is 2. The van der Waals surface area contributed by atoms with Gasteiger partial charge in [0, 0.05) is 6.04 Å². The highest BCUT2D eigenvalue weighted by Crippen LogP contribution is 2.17. The van der Waals surface area contributed by atoms with Gasteiger partial charge in [0.1, 0.15) is 11.4 Å². The Labute approximate surface area is 157 Å². The molecule has 3 N–H and O–H groups in total. The molecule has 26 heavy (non-hydrogen) atoms. The molecule has 0 aromatic carbocycles. The van der Waals surface area contributed by atoms with Gasteiger partial charge >= 0.3 is 0 Å². The van der Waals surface area contributed by atoms with Crippen LogP contribution in [0.5, 0.6) is 0 Å². The van der Waals surface area contributed by atoms with Crippen molar-refractivity contribution in [1.29, 1.82) is 0 Å². The molecule has 1 rings (SSSR count). The van der Waals surface area contributed by atoms with Gasteiger partial charge in [-0.3, -0.25) is 9.59 Å². The van der Waals surface area contributed by atoms with E-state index in [0.29, 0.717) is 0 Å². The topological polar surface area (TPSA) is 85.1 Å². The van der Waals surface area contributed by atoms with Crippen molar-refractivity contribution in [3.63, 3.8) is 0 Å². The number of unbranched alkanes of at least 4 members (excludes halogenated alkanes) is 3. The van der Waals surface area contributed by atoms with Crippen LogP contribution < -0.4 is 11.1 Å². The van der Waals surface area contributed by atoms with E-state index in [0.717, 1.165) is 25.2 Å². The summed E-state index contributed by atoms with van der Waals surface area (Å²) in [7, 11) is 0. The summed E-state index contributed by atoms with van der Waals surface area (Å²) in [6.45, 7) is 8.05. The first-order valence-corrected chi connectivity index (χ1v) is 9.62. The van der Waals surface area contributed by atoms with Crippen LogP contribution in [0.25, 0.3) is 0 Å². The Balaban J connectivity index is 2.26. The van der Waals surface area contributed by atoms with Crippen molar-refractivity contribution in [2.45, 2.75) is 71.3 Å². The summed E-state index contributed by atoms with van der Waals surface area (Å²) >= 11 is 0. The fourth-order valence-electron chi connectivity index (χ4n) is 2.94. The van der Waals surface area contributed by atoms with Gasteiger partial charge < -0.3 is 11.1 Å². The number of amides is 2. The van der Waals surface area contributed by atoms with Gasteiger partial charge in [0.2, 0.25) is 0 Å². The maximum atomic E-state index is 12.2. The van der Waals surface area contributed by atoms with Crippen molar-refractivity contribution in [2.24, 2.45) is 11.7 Å². The number of nitrogens with one attached hydrogen (secondary N) is 1. The van der Waals surface area contributed by atoms with E-state index < -0.39 is 5.91 Å². The van der Waals surface area contributed by atoms with Crippen molar-refractivity contribution in [2.75, 3.05) is 0 Å². The van der Waals surface area contributed by atoms with Crippen molar-refractivity contribution < 1.29 is 9.59 Å². The smallest absolute Gasteiger partial charge is 0.270 e. The monoisotopic (exact) mass is 359 g/mol. The Morgan fingerprint density at radius 3 is 2.50 bits per heavy atom. The van der Waals surface area contributed by atoms with Crippen molar-refractivity contribution in [3.8, 4) is 0 Å². The van der Waals surface area contributed by atoms with E-state index in [4.69, 9.17) is 5.73 Å². The molecule has 1 heterocycles. The molecule has 0 aliphatic carbocycles. The van der Waals surface area contributed by atoms with Crippen molar-refractivity contribution >= 4 is 11.8 Å². The lowest BCUT2D eigenvalue weighted by molar-refractivity contribution is 0.0932. The highest BCUT2D eigenvalue weighted by molar-refractivity contribution is 5.95. The molecule has 0 aliphatic rings. The summed E-state index contributed by atoms with van der Waals surface area (Å²) in [5.41, 5.74) is 5.53. The number of hydrogen-bond donors (Lipinski definition) is 2. The van der Waals surface area contributed by atoms with E-state index in [1.165, 1.54) is 38.2 Å². The lowest BCUT2D eigenvalue weighted by Gasteiger charge is -2.16. The van der Waals surface area contributed by atoms with E-state index in [9.17, 15) is 9.59 Å². The first-order valence-electron chi connectivity index (χ1n) is 9.62. The molecule has 0 fully saturated rings. The van der Waals surface area contributed by atoms with Crippen LogP contribution in [0.15, 0.2) is 30.9 Å². The summed E-state index contributed by atoms with van der Waals surface area (Å²) in [4.78, 5) is 27.4. The summed E-state index contributed by atoms with van der Waals surface area (Å²) in [5, 5.41) is 2.94. The van der Waals surface area contributed by atoms with Crippen LogP contribution in [0, 0.1) is 5.92 Å². The van der Waals surface area contributed by atoms with Crippen LogP contribution in [-0.2, 0) is 0 Å². The molecule has 1 aromatic heterocycles. The Hall–Kier alpha value is -2.17. The van der Waals surface area contributed by atoms with Crippen LogP contribution in [0.2, 0.25) is 0 Å². The highest BCUT2D eigenvalue weighted by atomic mass is 16.2. The van der Waals surface area contributed by atoms with E-state index >= 15 is 0 Å².